The second kappa shape index (κ2) is 7.09. The first-order valence-corrected chi connectivity index (χ1v) is 9.19. The van der Waals surface area contributed by atoms with Gasteiger partial charge in [0.05, 0.1) is 0 Å². The third-order valence-corrected chi connectivity index (χ3v) is 4.44. The van der Waals surface area contributed by atoms with E-state index in [1.54, 1.807) is 11.0 Å². The molecule has 0 spiro atoms. The molecular weight excluding hydrogens is 330 g/mol. The van der Waals surface area contributed by atoms with Gasteiger partial charge in [0.25, 0.3) is 5.91 Å². The van der Waals surface area contributed by atoms with E-state index in [-0.39, 0.29) is 12.0 Å². The van der Waals surface area contributed by atoms with Crippen LogP contribution in [0, 0.1) is 6.92 Å². The van der Waals surface area contributed by atoms with Crippen molar-refractivity contribution in [2.24, 2.45) is 0 Å². The van der Waals surface area contributed by atoms with Crippen LogP contribution in [0.5, 0.6) is 0 Å². The molecule has 1 N–H and O–H groups in total. The van der Waals surface area contributed by atoms with Gasteiger partial charge in [-0.3, -0.25) is 4.79 Å². The Kier molecular flexibility index (Phi) is 5.03. The molecule has 0 saturated heterocycles. The highest BCUT2D eigenvalue weighted by Crippen LogP contribution is 2.26. The summed E-state index contributed by atoms with van der Waals surface area (Å²) in [5.41, 5.74) is 3.01. The van der Waals surface area contributed by atoms with Crippen LogP contribution in [0.25, 0.3) is 5.57 Å². The van der Waals surface area contributed by atoms with Crippen molar-refractivity contribution in [1.82, 2.24) is 15.2 Å². The number of nitrogens with zero attached hydrogens (tertiary/aromatic N) is 2. The minimum atomic E-state index is -0.488. The summed E-state index contributed by atoms with van der Waals surface area (Å²) in [5, 5.41) is 2.96. The number of pyridine rings is 1. The molecule has 1 saturated carbocycles. The fourth-order valence-electron chi connectivity index (χ4n) is 2.92. The van der Waals surface area contributed by atoms with Crippen molar-refractivity contribution in [3.63, 3.8) is 0 Å². The first kappa shape index (κ1) is 18.4. The average molecular weight is 357 g/mol. The Morgan fingerprint density at radius 3 is 2.54 bits per heavy atom. The van der Waals surface area contributed by atoms with E-state index in [0.29, 0.717) is 24.8 Å². The van der Waals surface area contributed by atoms with Crippen molar-refractivity contribution < 1.29 is 14.3 Å². The predicted octanol–water partition coefficient (Wildman–Crippen LogP) is 3.31. The van der Waals surface area contributed by atoms with Gasteiger partial charge >= 0.3 is 6.09 Å². The second-order valence-corrected chi connectivity index (χ2v) is 7.98. The first-order chi connectivity index (χ1) is 12.2. The quantitative estimate of drug-likeness (QED) is 0.901. The van der Waals surface area contributed by atoms with Gasteiger partial charge in [-0.05, 0) is 64.2 Å². The molecule has 1 fully saturated rings. The number of amides is 2. The maximum atomic E-state index is 12.2. The third kappa shape index (κ3) is 4.62. The topological polar surface area (TPSA) is 71.5 Å². The number of ether oxygens (including phenoxy) is 1. The van der Waals surface area contributed by atoms with Gasteiger partial charge in [0.1, 0.15) is 11.3 Å². The second-order valence-electron chi connectivity index (χ2n) is 7.98. The van der Waals surface area contributed by atoms with E-state index < -0.39 is 5.60 Å². The summed E-state index contributed by atoms with van der Waals surface area (Å²) in [4.78, 5) is 30.5. The third-order valence-electron chi connectivity index (χ3n) is 4.44. The lowest BCUT2D eigenvalue weighted by atomic mass is 9.98. The normalized spacial score (nSPS) is 17.5. The van der Waals surface area contributed by atoms with E-state index in [0.717, 1.165) is 36.1 Å². The SMILES string of the molecule is Cc1nc(C(=O)NC2CC2)ccc1C1=CCN(C(=O)OC(C)(C)C)CC1. The van der Waals surface area contributed by atoms with E-state index in [1.165, 1.54) is 0 Å². The minimum absolute atomic E-state index is 0.101. The Hall–Kier alpha value is -2.37. The van der Waals surface area contributed by atoms with E-state index in [1.807, 2.05) is 39.8 Å². The van der Waals surface area contributed by atoms with Crippen molar-refractivity contribution in [1.29, 1.82) is 0 Å². The predicted molar refractivity (Wildman–Crippen MR) is 99.9 cm³/mol. The molecule has 2 heterocycles. The zero-order valence-corrected chi connectivity index (χ0v) is 16.0. The lowest BCUT2D eigenvalue weighted by molar-refractivity contribution is 0.0270. The number of aromatic nitrogens is 1. The van der Waals surface area contributed by atoms with Gasteiger partial charge < -0.3 is 15.0 Å². The maximum Gasteiger partial charge on any atom is 0.410 e. The lowest BCUT2D eigenvalue weighted by Gasteiger charge is -2.29. The van der Waals surface area contributed by atoms with Crippen LogP contribution in [0.4, 0.5) is 4.79 Å². The molecule has 26 heavy (non-hydrogen) atoms. The van der Waals surface area contributed by atoms with Crippen LogP contribution in [0.2, 0.25) is 0 Å². The van der Waals surface area contributed by atoms with Crippen molar-refractivity contribution in [2.75, 3.05) is 13.1 Å². The fraction of sp³-hybridized carbons (Fsp3) is 0.550. The van der Waals surface area contributed by atoms with Gasteiger partial charge in [0.15, 0.2) is 0 Å². The van der Waals surface area contributed by atoms with Crippen LogP contribution in [-0.2, 0) is 4.74 Å². The van der Waals surface area contributed by atoms with Gasteiger partial charge in [-0.1, -0.05) is 12.1 Å². The number of nitrogens with one attached hydrogen (secondary N) is 1. The smallest absolute Gasteiger partial charge is 0.410 e. The molecule has 1 aromatic rings. The van der Waals surface area contributed by atoms with Crippen LogP contribution in [0.1, 0.15) is 61.8 Å². The van der Waals surface area contributed by atoms with Crippen molar-refractivity contribution in [3.05, 3.63) is 35.2 Å². The molecule has 2 aliphatic rings. The van der Waals surface area contributed by atoms with Crippen molar-refractivity contribution >= 4 is 17.6 Å². The number of carbonyl (C=O) groups is 2. The number of carbonyl (C=O) groups excluding carboxylic acids is 2. The van der Waals surface area contributed by atoms with Crippen LogP contribution < -0.4 is 5.32 Å². The van der Waals surface area contributed by atoms with Crippen LogP contribution in [0.15, 0.2) is 18.2 Å². The summed E-state index contributed by atoms with van der Waals surface area (Å²) < 4.78 is 5.42. The molecule has 0 radical (unpaired) electrons. The molecule has 6 heteroatoms. The summed E-state index contributed by atoms with van der Waals surface area (Å²) in [5.74, 6) is -0.101. The highest BCUT2D eigenvalue weighted by atomic mass is 16.6. The Morgan fingerprint density at radius 1 is 1.27 bits per heavy atom. The fourth-order valence-corrected chi connectivity index (χ4v) is 2.92. The van der Waals surface area contributed by atoms with Crippen LogP contribution in [-0.4, -0.2) is 46.6 Å². The summed E-state index contributed by atoms with van der Waals surface area (Å²) in [6.07, 6.45) is 4.62. The van der Waals surface area contributed by atoms with Crippen molar-refractivity contribution in [3.8, 4) is 0 Å². The monoisotopic (exact) mass is 357 g/mol. The molecule has 3 rings (SSSR count). The molecule has 0 unspecified atom stereocenters. The molecule has 140 valence electrons. The molecule has 2 amide bonds. The number of hydrogen-bond donors (Lipinski definition) is 1. The largest absolute Gasteiger partial charge is 0.444 e. The number of rotatable bonds is 3. The van der Waals surface area contributed by atoms with Gasteiger partial charge in [-0.2, -0.15) is 0 Å². The zero-order chi connectivity index (χ0) is 18.9. The first-order valence-electron chi connectivity index (χ1n) is 9.19. The van der Waals surface area contributed by atoms with Gasteiger partial charge in [-0.25, -0.2) is 9.78 Å². The summed E-state index contributed by atoms with van der Waals surface area (Å²) in [7, 11) is 0. The molecule has 6 nitrogen and oxygen atoms in total. The van der Waals surface area contributed by atoms with Gasteiger partial charge in [-0.15, -0.1) is 0 Å². The van der Waals surface area contributed by atoms with Crippen LogP contribution >= 0.6 is 0 Å². The van der Waals surface area contributed by atoms with E-state index in [2.05, 4.69) is 10.3 Å². The number of aryl methyl sites for hydroxylation is 1. The Morgan fingerprint density at radius 2 is 2.00 bits per heavy atom. The molecule has 0 aromatic carbocycles. The molecule has 0 bridgehead atoms. The van der Waals surface area contributed by atoms with Gasteiger partial charge in [0.2, 0.25) is 0 Å². The minimum Gasteiger partial charge on any atom is -0.444 e. The lowest BCUT2D eigenvalue weighted by Crippen LogP contribution is -2.39. The summed E-state index contributed by atoms with van der Waals surface area (Å²) in [6, 6.07) is 4.06. The van der Waals surface area contributed by atoms with Crippen LogP contribution in [0.3, 0.4) is 0 Å². The van der Waals surface area contributed by atoms with E-state index >= 15 is 0 Å². The molecule has 1 aromatic heterocycles. The Bertz CT molecular complexity index is 745. The molecule has 0 atom stereocenters. The van der Waals surface area contributed by atoms with E-state index in [4.69, 9.17) is 4.74 Å². The standard InChI is InChI=1S/C20H27N3O3/c1-13-16(7-8-17(21-13)18(24)22-15-5-6-15)14-9-11-23(12-10-14)19(25)26-20(2,3)4/h7-9,15H,5-6,10-12H2,1-4H3,(H,22,24). The average Bonchev–Trinajstić information content (AvgIpc) is 3.37. The molecule has 1 aliphatic carbocycles. The highest BCUT2D eigenvalue weighted by molar-refractivity contribution is 5.93. The Labute approximate surface area is 154 Å². The molecular formula is C20H27N3O3. The zero-order valence-electron chi connectivity index (χ0n) is 16.0. The molecule has 1 aliphatic heterocycles. The van der Waals surface area contributed by atoms with E-state index in [9.17, 15) is 9.59 Å². The summed E-state index contributed by atoms with van der Waals surface area (Å²) in [6.45, 7) is 8.66. The van der Waals surface area contributed by atoms with Crippen molar-refractivity contribution in [2.45, 2.75) is 58.6 Å². The highest BCUT2D eigenvalue weighted by Gasteiger charge is 2.26. The number of hydrogen-bond acceptors (Lipinski definition) is 4. The summed E-state index contributed by atoms with van der Waals surface area (Å²) >= 11 is 0. The van der Waals surface area contributed by atoms with Gasteiger partial charge in [0, 0.05) is 24.8 Å². The maximum absolute atomic E-state index is 12.2. The Balaban J connectivity index is 1.66.